The second-order valence-electron chi connectivity index (χ2n) is 5.20. The zero-order chi connectivity index (χ0) is 15.5. The van der Waals surface area contributed by atoms with Crippen molar-refractivity contribution in [2.45, 2.75) is 39.0 Å². The molecule has 0 bridgehead atoms. The van der Waals surface area contributed by atoms with E-state index in [1.807, 2.05) is 7.05 Å². The van der Waals surface area contributed by atoms with E-state index >= 15 is 0 Å². The minimum absolute atomic E-state index is 0.123. The van der Waals surface area contributed by atoms with Crippen molar-refractivity contribution in [2.24, 2.45) is 0 Å². The van der Waals surface area contributed by atoms with Gasteiger partial charge in [0.2, 0.25) is 0 Å². The highest BCUT2D eigenvalue weighted by Gasteiger charge is 2.34. The molecule has 4 heteroatoms. The Bertz CT molecular complexity index is 607. The van der Waals surface area contributed by atoms with E-state index in [0.717, 1.165) is 33.7 Å². The molecule has 1 N–H and O–H groups in total. The molecule has 0 fully saturated rings. The number of nitrogens with zero attached hydrogens (tertiary/aromatic N) is 2. The highest BCUT2D eigenvalue weighted by molar-refractivity contribution is 14.1. The van der Waals surface area contributed by atoms with Crippen molar-refractivity contribution in [3.63, 3.8) is 0 Å². The summed E-state index contributed by atoms with van der Waals surface area (Å²) in [6, 6.07) is 10.6. The van der Waals surface area contributed by atoms with E-state index in [2.05, 4.69) is 79.0 Å². The largest absolute Gasteiger partial charge is 0.372 e. The van der Waals surface area contributed by atoms with Gasteiger partial charge in [-0.3, -0.25) is 0 Å². The van der Waals surface area contributed by atoms with Gasteiger partial charge in [-0.05, 0) is 47.9 Å². The summed E-state index contributed by atoms with van der Waals surface area (Å²) >= 11 is 2.30. The third-order valence-electron chi connectivity index (χ3n) is 4.22. The van der Waals surface area contributed by atoms with Crippen LogP contribution in [-0.2, 0) is 5.41 Å². The van der Waals surface area contributed by atoms with Gasteiger partial charge in [-0.25, -0.2) is 9.97 Å². The van der Waals surface area contributed by atoms with Crippen LogP contribution in [0.15, 0.2) is 30.3 Å². The molecule has 1 aromatic carbocycles. The first-order chi connectivity index (χ1) is 10.1. The topological polar surface area (TPSA) is 37.8 Å². The zero-order valence-electron chi connectivity index (χ0n) is 13.1. The molecule has 0 saturated carbocycles. The maximum absolute atomic E-state index is 4.81. The molecular formula is C17H22IN3. The van der Waals surface area contributed by atoms with Gasteiger partial charge in [-0.1, -0.05) is 44.2 Å². The van der Waals surface area contributed by atoms with Gasteiger partial charge in [-0.15, -0.1) is 0 Å². The lowest BCUT2D eigenvalue weighted by Crippen LogP contribution is -2.29. The van der Waals surface area contributed by atoms with E-state index in [1.165, 1.54) is 5.56 Å². The van der Waals surface area contributed by atoms with Gasteiger partial charge in [0.1, 0.15) is 11.6 Å². The van der Waals surface area contributed by atoms with Gasteiger partial charge in [0.25, 0.3) is 0 Å². The van der Waals surface area contributed by atoms with Crippen LogP contribution in [0.25, 0.3) is 0 Å². The molecule has 0 aliphatic heterocycles. The van der Waals surface area contributed by atoms with Crippen LogP contribution in [0, 0.1) is 10.5 Å². The first-order valence-corrected chi connectivity index (χ1v) is 8.44. The third kappa shape index (κ3) is 2.91. The molecule has 1 aromatic heterocycles. The molecule has 112 valence electrons. The van der Waals surface area contributed by atoms with Crippen LogP contribution in [0.4, 0.5) is 5.82 Å². The lowest BCUT2D eigenvalue weighted by atomic mass is 9.75. The zero-order valence-corrected chi connectivity index (χ0v) is 15.2. The number of benzene rings is 1. The Kier molecular flexibility index (Phi) is 5.19. The second-order valence-corrected chi connectivity index (χ2v) is 6.28. The Morgan fingerprint density at radius 2 is 1.71 bits per heavy atom. The summed E-state index contributed by atoms with van der Waals surface area (Å²) < 4.78 is 1.09. The van der Waals surface area contributed by atoms with Crippen molar-refractivity contribution < 1.29 is 0 Å². The van der Waals surface area contributed by atoms with Crippen LogP contribution >= 0.6 is 22.6 Å². The molecule has 0 radical (unpaired) electrons. The van der Waals surface area contributed by atoms with Crippen LogP contribution < -0.4 is 5.32 Å². The molecule has 0 unspecified atom stereocenters. The van der Waals surface area contributed by atoms with Gasteiger partial charge in [-0.2, -0.15) is 0 Å². The highest BCUT2D eigenvalue weighted by atomic mass is 127. The van der Waals surface area contributed by atoms with E-state index < -0.39 is 0 Å². The van der Waals surface area contributed by atoms with E-state index in [0.29, 0.717) is 0 Å². The molecule has 0 spiro atoms. The molecule has 0 aliphatic carbocycles. The molecule has 3 nitrogen and oxygen atoms in total. The van der Waals surface area contributed by atoms with Crippen molar-refractivity contribution in [1.82, 2.24) is 9.97 Å². The number of hydrogen-bond donors (Lipinski definition) is 1. The van der Waals surface area contributed by atoms with Gasteiger partial charge in [0.15, 0.2) is 0 Å². The first kappa shape index (κ1) is 16.2. The number of halogens is 1. The van der Waals surface area contributed by atoms with Crippen LogP contribution in [-0.4, -0.2) is 17.0 Å². The van der Waals surface area contributed by atoms with Crippen molar-refractivity contribution in [2.75, 3.05) is 12.4 Å². The fraction of sp³-hybridized carbons (Fsp3) is 0.412. The Morgan fingerprint density at radius 1 is 1.10 bits per heavy atom. The van der Waals surface area contributed by atoms with Crippen LogP contribution in [0.3, 0.4) is 0 Å². The van der Waals surface area contributed by atoms with Crippen molar-refractivity contribution in [3.8, 4) is 0 Å². The second kappa shape index (κ2) is 6.73. The highest BCUT2D eigenvalue weighted by Crippen LogP contribution is 2.37. The third-order valence-corrected chi connectivity index (χ3v) is 5.51. The lowest BCUT2D eigenvalue weighted by molar-refractivity contribution is 0.448. The van der Waals surface area contributed by atoms with Gasteiger partial charge in [0.05, 0.1) is 14.7 Å². The van der Waals surface area contributed by atoms with Crippen LogP contribution in [0.5, 0.6) is 0 Å². The number of rotatable bonds is 5. The molecule has 0 atom stereocenters. The molecule has 2 aromatic rings. The number of aromatic nitrogens is 2. The van der Waals surface area contributed by atoms with Crippen molar-refractivity contribution >= 4 is 28.4 Å². The molecule has 0 aliphatic rings. The first-order valence-electron chi connectivity index (χ1n) is 7.37. The summed E-state index contributed by atoms with van der Waals surface area (Å²) in [6.07, 6.45) is 1.97. The minimum atomic E-state index is -0.123. The number of aryl methyl sites for hydroxylation is 1. The normalized spacial score (nSPS) is 11.5. The summed E-state index contributed by atoms with van der Waals surface area (Å²) in [4.78, 5) is 9.63. The van der Waals surface area contributed by atoms with Crippen molar-refractivity contribution in [1.29, 1.82) is 0 Å². The standard InChI is InChI=1S/C17H22IN3/c1-5-17(6-2,13-10-8-7-9-11-13)16-20-12(3)14(18)15(19-4)21-16/h7-11H,5-6H2,1-4H3,(H,19,20,21). The Morgan fingerprint density at radius 3 is 2.24 bits per heavy atom. The van der Waals surface area contributed by atoms with Crippen LogP contribution in [0.2, 0.25) is 0 Å². The van der Waals surface area contributed by atoms with Crippen LogP contribution in [0.1, 0.15) is 43.8 Å². The number of anilines is 1. The molecule has 0 amide bonds. The van der Waals surface area contributed by atoms with E-state index in [-0.39, 0.29) is 5.41 Å². The summed E-state index contributed by atoms with van der Waals surface area (Å²) in [5, 5.41) is 3.19. The van der Waals surface area contributed by atoms with Crippen molar-refractivity contribution in [3.05, 3.63) is 51.0 Å². The average molecular weight is 395 g/mol. The SMILES string of the molecule is CCC(CC)(c1ccccc1)c1nc(C)c(I)c(NC)n1. The maximum Gasteiger partial charge on any atom is 0.143 e. The van der Waals surface area contributed by atoms with E-state index in [4.69, 9.17) is 9.97 Å². The molecule has 0 saturated heterocycles. The predicted octanol–water partition coefficient (Wildman–Crippen LogP) is 4.54. The molecular weight excluding hydrogens is 373 g/mol. The fourth-order valence-electron chi connectivity index (χ4n) is 2.80. The fourth-order valence-corrected chi connectivity index (χ4v) is 3.31. The molecule has 21 heavy (non-hydrogen) atoms. The van der Waals surface area contributed by atoms with Gasteiger partial charge >= 0.3 is 0 Å². The average Bonchev–Trinajstić information content (AvgIpc) is 2.53. The monoisotopic (exact) mass is 395 g/mol. The summed E-state index contributed by atoms with van der Waals surface area (Å²) in [5.41, 5.74) is 2.20. The number of nitrogens with one attached hydrogen (secondary N) is 1. The lowest BCUT2D eigenvalue weighted by Gasteiger charge is -2.31. The molecule has 1 heterocycles. The van der Waals surface area contributed by atoms with E-state index in [9.17, 15) is 0 Å². The van der Waals surface area contributed by atoms with E-state index in [1.54, 1.807) is 0 Å². The Balaban J connectivity index is 2.66. The quantitative estimate of drug-likeness (QED) is 0.756. The molecule has 2 rings (SSSR count). The van der Waals surface area contributed by atoms with Gasteiger partial charge < -0.3 is 5.32 Å². The minimum Gasteiger partial charge on any atom is -0.372 e. The Hall–Kier alpha value is -1.17. The summed E-state index contributed by atoms with van der Waals surface area (Å²) in [5.74, 6) is 1.83. The summed E-state index contributed by atoms with van der Waals surface area (Å²) in [6.45, 7) is 6.48. The van der Waals surface area contributed by atoms with Gasteiger partial charge in [0, 0.05) is 7.05 Å². The number of hydrogen-bond acceptors (Lipinski definition) is 3. The Labute approximate surface area is 140 Å². The maximum atomic E-state index is 4.81. The smallest absolute Gasteiger partial charge is 0.143 e. The predicted molar refractivity (Wildman–Crippen MR) is 96.8 cm³/mol. The summed E-state index contributed by atoms with van der Waals surface area (Å²) in [7, 11) is 1.91.